The van der Waals surface area contributed by atoms with E-state index < -0.39 is 5.97 Å². The van der Waals surface area contributed by atoms with E-state index in [2.05, 4.69) is 9.88 Å². The molecule has 0 spiro atoms. The first kappa shape index (κ1) is 17.3. The van der Waals surface area contributed by atoms with Crippen molar-refractivity contribution in [3.8, 4) is 11.5 Å². The molecule has 1 aromatic heterocycles. The Kier molecular flexibility index (Phi) is 5.57. The van der Waals surface area contributed by atoms with Gasteiger partial charge in [0.05, 0.1) is 20.3 Å². The van der Waals surface area contributed by atoms with Crippen LogP contribution in [0.25, 0.3) is 0 Å². The third kappa shape index (κ3) is 4.12. The number of ether oxygens (including phenoxy) is 3. The van der Waals surface area contributed by atoms with Gasteiger partial charge in [-0.2, -0.15) is 0 Å². The number of carbonyl (C=O) groups excluding carboxylic acids is 1. The lowest BCUT2D eigenvalue weighted by atomic mass is 10.1. The molecule has 2 aromatic rings. The Balaban J connectivity index is 1.77. The summed E-state index contributed by atoms with van der Waals surface area (Å²) in [5.74, 6) is 0.228. The summed E-state index contributed by atoms with van der Waals surface area (Å²) in [6.07, 6.45) is 1.54. The van der Waals surface area contributed by atoms with Crippen LogP contribution in [0.5, 0.6) is 11.5 Å². The fraction of sp³-hybridized carbons (Fsp3) is 0.278. The van der Waals surface area contributed by atoms with Crippen LogP contribution >= 0.6 is 12.2 Å². The number of morpholine rings is 1. The molecular formula is C18H18N2O4S. The van der Waals surface area contributed by atoms with Crippen molar-refractivity contribution in [2.24, 2.45) is 0 Å². The van der Waals surface area contributed by atoms with Gasteiger partial charge in [0.25, 0.3) is 0 Å². The Hall–Kier alpha value is -2.51. The van der Waals surface area contributed by atoms with Gasteiger partial charge in [-0.3, -0.25) is 0 Å². The average Bonchev–Trinajstić information content (AvgIpc) is 2.69. The van der Waals surface area contributed by atoms with E-state index in [1.165, 1.54) is 13.3 Å². The summed E-state index contributed by atoms with van der Waals surface area (Å²) in [5.41, 5.74) is 1.07. The first-order chi connectivity index (χ1) is 12.2. The molecule has 0 atom stereocenters. The summed E-state index contributed by atoms with van der Waals surface area (Å²) in [6, 6.07) is 10.3. The monoisotopic (exact) mass is 358 g/mol. The normalized spacial score (nSPS) is 14.0. The second-order valence-corrected chi connectivity index (χ2v) is 5.76. The first-order valence-electron chi connectivity index (χ1n) is 7.87. The highest BCUT2D eigenvalue weighted by Gasteiger charge is 2.18. The van der Waals surface area contributed by atoms with Gasteiger partial charge in [-0.25, -0.2) is 9.78 Å². The van der Waals surface area contributed by atoms with Crippen LogP contribution in [0.3, 0.4) is 0 Å². The van der Waals surface area contributed by atoms with Gasteiger partial charge in [0.15, 0.2) is 11.5 Å². The van der Waals surface area contributed by atoms with Crippen LogP contribution in [0.4, 0.5) is 0 Å². The molecule has 1 fully saturated rings. The quantitative estimate of drug-likeness (QED) is 0.472. The lowest BCUT2D eigenvalue weighted by Gasteiger charge is -2.29. The van der Waals surface area contributed by atoms with E-state index in [-0.39, 0.29) is 5.69 Å². The summed E-state index contributed by atoms with van der Waals surface area (Å²) in [6.45, 7) is 2.85. The summed E-state index contributed by atoms with van der Waals surface area (Å²) in [4.78, 5) is 19.0. The number of carbonyl (C=O) groups is 1. The second kappa shape index (κ2) is 8.04. The van der Waals surface area contributed by atoms with Crippen molar-refractivity contribution in [3.63, 3.8) is 0 Å². The molecule has 0 radical (unpaired) electrons. The first-order valence-corrected chi connectivity index (χ1v) is 8.28. The molecule has 25 heavy (non-hydrogen) atoms. The van der Waals surface area contributed by atoms with E-state index in [1.807, 2.05) is 6.07 Å². The number of aromatic nitrogens is 1. The number of hydrogen-bond donors (Lipinski definition) is 0. The van der Waals surface area contributed by atoms with Crippen molar-refractivity contribution in [1.82, 2.24) is 9.88 Å². The summed E-state index contributed by atoms with van der Waals surface area (Å²) < 4.78 is 16.1. The van der Waals surface area contributed by atoms with Gasteiger partial charge in [0, 0.05) is 24.8 Å². The highest BCUT2D eigenvalue weighted by molar-refractivity contribution is 7.80. The Morgan fingerprint density at radius 3 is 2.68 bits per heavy atom. The Labute approximate surface area is 151 Å². The number of nitrogens with zero attached hydrogens (tertiary/aromatic N) is 2. The van der Waals surface area contributed by atoms with Crippen molar-refractivity contribution >= 4 is 23.2 Å². The largest absolute Gasteiger partial charge is 0.493 e. The maximum atomic E-state index is 12.2. The maximum absolute atomic E-state index is 12.2. The third-order valence-electron chi connectivity index (χ3n) is 3.79. The minimum atomic E-state index is -0.539. The SMILES string of the molecule is COc1cc(C(=S)N2CCOCC2)ccc1OC(=O)c1ccccn1. The van der Waals surface area contributed by atoms with Crippen LogP contribution in [0.1, 0.15) is 16.1 Å². The van der Waals surface area contributed by atoms with Gasteiger partial charge in [0.2, 0.25) is 0 Å². The van der Waals surface area contributed by atoms with E-state index in [0.717, 1.165) is 23.6 Å². The number of methoxy groups -OCH3 is 1. The predicted octanol–water partition coefficient (Wildman–Crippen LogP) is 2.32. The van der Waals surface area contributed by atoms with E-state index in [0.29, 0.717) is 24.7 Å². The van der Waals surface area contributed by atoms with E-state index in [4.69, 9.17) is 26.4 Å². The van der Waals surface area contributed by atoms with Crippen LogP contribution in [0.2, 0.25) is 0 Å². The molecule has 0 amide bonds. The van der Waals surface area contributed by atoms with Crippen LogP contribution in [0.15, 0.2) is 42.6 Å². The van der Waals surface area contributed by atoms with E-state index >= 15 is 0 Å². The van der Waals surface area contributed by atoms with Crippen molar-refractivity contribution in [1.29, 1.82) is 0 Å². The molecule has 1 aliphatic rings. The second-order valence-electron chi connectivity index (χ2n) is 5.37. The topological polar surface area (TPSA) is 60.9 Å². The van der Waals surface area contributed by atoms with Crippen LogP contribution in [0, 0.1) is 0 Å². The van der Waals surface area contributed by atoms with E-state index in [9.17, 15) is 4.79 Å². The molecule has 1 aromatic carbocycles. The Morgan fingerprint density at radius 1 is 1.20 bits per heavy atom. The fourth-order valence-corrected chi connectivity index (χ4v) is 2.78. The fourth-order valence-electron chi connectivity index (χ4n) is 2.47. The molecule has 2 heterocycles. The molecule has 1 saturated heterocycles. The minimum Gasteiger partial charge on any atom is -0.493 e. The van der Waals surface area contributed by atoms with Crippen molar-refractivity contribution in [3.05, 3.63) is 53.9 Å². The lowest BCUT2D eigenvalue weighted by Crippen LogP contribution is -2.40. The molecule has 7 heteroatoms. The zero-order valence-corrected chi connectivity index (χ0v) is 14.6. The van der Waals surface area contributed by atoms with Crippen molar-refractivity contribution in [2.75, 3.05) is 33.4 Å². The predicted molar refractivity (Wildman–Crippen MR) is 96.3 cm³/mol. The van der Waals surface area contributed by atoms with Gasteiger partial charge in [0.1, 0.15) is 10.7 Å². The number of esters is 1. The molecular weight excluding hydrogens is 340 g/mol. The van der Waals surface area contributed by atoms with E-state index in [1.54, 1.807) is 30.3 Å². The summed E-state index contributed by atoms with van der Waals surface area (Å²) in [7, 11) is 1.52. The number of thiocarbonyl (C=S) groups is 1. The number of benzene rings is 1. The van der Waals surface area contributed by atoms with Crippen LogP contribution in [-0.4, -0.2) is 54.3 Å². The molecule has 0 bridgehead atoms. The van der Waals surface area contributed by atoms with Gasteiger partial charge < -0.3 is 19.1 Å². The number of pyridine rings is 1. The Bertz CT molecular complexity index is 761. The highest BCUT2D eigenvalue weighted by Crippen LogP contribution is 2.29. The maximum Gasteiger partial charge on any atom is 0.362 e. The molecule has 0 N–H and O–H groups in total. The number of hydrogen-bond acceptors (Lipinski definition) is 6. The standard InChI is InChI=1S/C18H18N2O4S/c1-22-16-12-13(17(25)20-8-10-23-11-9-20)5-6-15(16)24-18(21)14-4-2-3-7-19-14/h2-7,12H,8-11H2,1H3. The minimum absolute atomic E-state index is 0.234. The van der Waals surface area contributed by atoms with Crippen LogP contribution in [-0.2, 0) is 4.74 Å². The van der Waals surface area contributed by atoms with Gasteiger partial charge in [-0.15, -0.1) is 0 Å². The third-order valence-corrected chi connectivity index (χ3v) is 4.28. The summed E-state index contributed by atoms with van der Waals surface area (Å²) >= 11 is 5.55. The van der Waals surface area contributed by atoms with Crippen molar-refractivity contribution in [2.45, 2.75) is 0 Å². The molecule has 0 saturated carbocycles. The molecule has 3 rings (SSSR count). The average molecular weight is 358 g/mol. The lowest BCUT2D eigenvalue weighted by molar-refractivity contribution is 0.0692. The molecule has 0 aliphatic carbocycles. The molecule has 1 aliphatic heterocycles. The zero-order valence-electron chi connectivity index (χ0n) is 13.8. The molecule has 0 unspecified atom stereocenters. The zero-order chi connectivity index (χ0) is 17.6. The van der Waals surface area contributed by atoms with Crippen LogP contribution < -0.4 is 9.47 Å². The Morgan fingerprint density at radius 2 is 2.00 bits per heavy atom. The van der Waals surface area contributed by atoms with Gasteiger partial charge in [-0.1, -0.05) is 18.3 Å². The highest BCUT2D eigenvalue weighted by atomic mass is 32.1. The molecule has 130 valence electrons. The smallest absolute Gasteiger partial charge is 0.362 e. The van der Waals surface area contributed by atoms with Gasteiger partial charge >= 0.3 is 5.97 Å². The summed E-state index contributed by atoms with van der Waals surface area (Å²) in [5, 5.41) is 0. The molecule has 6 nitrogen and oxygen atoms in total. The van der Waals surface area contributed by atoms with Gasteiger partial charge in [-0.05, 0) is 30.3 Å². The van der Waals surface area contributed by atoms with Crippen molar-refractivity contribution < 1.29 is 19.0 Å². The number of rotatable bonds is 4.